The van der Waals surface area contributed by atoms with Crippen molar-refractivity contribution in [2.24, 2.45) is 0 Å². The summed E-state index contributed by atoms with van der Waals surface area (Å²) in [5.41, 5.74) is 0.665. The van der Waals surface area contributed by atoms with Crippen LogP contribution in [0.4, 0.5) is 5.82 Å². The molecule has 6 heteroatoms. The molecule has 0 aromatic carbocycles. The number of anilines is 1. The van der Waals surface area contributed by atoms with Crippen molar-refractivity contribution in [2.45, 2.75) is 18.9 Å². The summed E-state index contributed by atoms with van der Waals surface area (Å²) in [5, 5.41) is 6.44. The van der Waals surface area contributed by atoms with Gasteiger partial charge >= 0.3 is 0 Å². The number of carbonyl (C=O) groups excluding carboxylic acids is 1. The Morgan fingerprint density at radius 1 is 1.33 bits per heavy atom. The van der Waals surface area contributed by atoms with Crippen molar-refractivity contribution in [2.75, 3.05) is 44.3 Å². The lowest BCUT2D eigenvalue weighted by Crippen LogP contribution is -2.43. The molecule has 0 spiro atoms. The molecular weight excluding hydrogens is 268 g/mol. The van der Waals surface area contributed by atoms with Gasteiger partial charge in [0.2, 0.25) is 0 Å². The Balaban J connectivity index is 1.72. The maximum atomic E-state index is 12.5. The van der Waals surface area contributed by atoms with Gasteiger partial charge in [0.05, 0.1) is 18.8 Å². The summed E-state index contributed by atoms with van der Waals surface area (Å²) in [4.78, 5) is 19.1. The Morgan fingerprint density at radius 3 is 2.86 bits per heavy atom. The van der Waals surface area contributed by atoms with E-state index >= 15 is 0 Å². The van der Waals surface area contributed by atoms with Crippen molar-refractivity contribution in [3.8, 4) is 0 Å². The van der Waals surface area contributed by atoms with Gasteiger partial charge < -0.3 is 20.3 Å². The van der Waals surface area contributed by atoms with E-state index < -0.39 is 0 Å². The number of amides is 1. The zero-order chi connectivity index (χ0) is 14.5. The van der Waals surface area contributed by atoms with E-state index in [0.29, 0.717) is 18.8 Å². The van der Waals surface area contributed by atoms with E-state index in [1.165, 1.54) is 0 Å². The van der Waals surface area contributed by atoms with E-state index in [0.717, 1.165) is 44.8 Å². The SMILES string of the molecule is O=C(NC1CCNCC1)c1cccnc1N1CCOCC1. The minimum atomic E-state index is -0.0171. The first-order valence-corrected chi connectivity index (χ1v) is 7.64. The fraction of sp³-hybridized carbons (Fsp3) is 0.600. The summed E-state index contributed by atoms with van der Waals surface area (Å²) >= 11 is 0. The van der Waals surface area contributed by atoms with Gasteiger partial charge in [-0.3, -0.25) is 4.79 Å². The van der Waals surface area contributed by atoms with E-state index in [-0.39, 0.29) is 11.9 Å². The van der Waals surface area contributed by atoms with Gasteiger partial charge in [-0.25, -0.2) is 4.98 Å². The Bertz CT molecular complexity index is 482. The van der Waals surface area contributed by atoms with Crippen LogP contribution in [0, 0.1) is 0 Å². The minimum absolute atomic E-state index is 0.0171. The molecule has 0 radical (unpaired) electrons. The summed E-state index contributed by atoms with van der Waals surface area (Å²) in [6, 6.07) is 3.94. The van der Waals surface area contributed by atoms with Gasteiger partial charge in [-0.2, -0.15) is 0 Å². The van der Waals surface area contributed by atoms with Crippen LogP contribution in [0.2, 0.25) is 0 Å². The molecule has 0 unspecified atom stereocenters. The summed E-state index contributed by atoms with van der Waals surface area (Å²) < 4.78 is 5.37. The number of nitrogens with one attached hydrogen (secondary N) is 2. The van der Waals surface area contributed by atoms with Gasteiger partial charge in [0.15, 0.2) is 0 Å². The van der Waals surface area contributed by atoms with Crippen molar-refractivity contribution >= 4 is 11.7 Å². The molecule has 0 saturated carbocycles. The summed E-state index contributed by atoms with van der Waals surface area (Å²) in [6.07, 6.45) is 3.71. The Labute approximate surface area is 124 Å². The van der Waals surface area contributed by atoms with Gasteiger partial charge in [-0.15, -0.1) is 0 Å². The molecule has 3 rings (SSSR count). The molecule has 2 N–H and O–H groups in total. The average molecular weight is 290 g/mol. The number of piperidine rings is 1. The zero-order valence-electron chi connectivity index (χ0n) is 12.2. The number of hydrogen-bond acceptors (Lipinski definition) is 5. The van der Waals surface area contributed by atoms with Crippen LogP contribution >= 0.6 is 0 Å². The van der Waals surface area contributed by atoms with E-state index in [2.05, 4.69) is 20.5 Å². The zero-order valence-corrected chi connectivity index (χ0v) is 12.2. The van der Waals surface area contributed by atoms with E-state index in [1.807, 2.05) is 12.1 Å². The van der Waals surface area contributed by atoms with Crippen LogP contribution in [0.25, 0.3) is 0 Å². The number of ether oxygens (including phenoxy) is 1. The topological polar surface area (TPSA) is 66.5 Å². The maximum absolute atomic E-state index is 12.5. The molecule has 2 saturated heterocycles. The monoisotopic (exact) mass is 290 g/mol. The van der Waals surface area contributed by atoms with Crippen LogP contribution < -0.4 is 15.5 Å². The second-order valence-corrected chi connectivity index (χ2v) is 5.47. The lowest BCUT2D eigenvalue weighted by atomic mass is 10.1. The average Bonchev–Trinajstić information content (AvgIpc) is 2.56. The van der Waals surface area contributed by atoms with E-state index in [4.69, 9.17) is 4.74 Å². The van der Waals surface area contributed by atoms with E-state index in [9.17, 15) is 4.79 Å². The lowest BCUT2D eigenvalue weighted by Gasteiger charge is -2.30. The fourth-order valence-corrected chi connectivity index (χ4v) is 2.83. The number of rotatable bonds is 3. The predicted molar refractivity (Wildman–Crippen MR) is 80.6 cm³/mol. The van der Waals surface area contributed by atoms with E-state index in [1.54, 1.807) is 6.20 Å². The molecule has 114 valence electrons. The van der Waals surface area contributed by atoms with Gasteiger partial charge in [0, 0.05) is 25.3 Å². The predicted octanol–water partition coefficient (Wildman–Crippen LogP) is 0.400. The summed E-state index contributed by atoms with van der Waals surface area (Å²) in [5.74, 6) is 0.753. The van der Waals surface area contributed by atoms with Crippen LogP contribution in [0.5, 0.6) is 0 Å². The second kappa shape index (κ2) is 6.87. The van der Waals surface area contributed by atoms with Crippen LogP contribution in [0.1, 0.15) is 23.2 Å². The molecule has 2 fully saturated rings. The molecule has 2 aliphatic rings. The number of nitrogens with zero attached hydrogens (tertiary/aromatic N) is 2. The Kier molecular flexibility index (Phi) is 4.67. The van der Waals surface area contributed by atoms with Crippen LogP contribution in [-0.2, 0) is 4.74 Å². The third-order valence-electron chi connectivity index (χ3n) is 4.02. The van der Waals surface area contributed by atoms with Crippen LogP contribution in [0.3, 0.4) is 0 Å². The summed E-state index contributed by atoms with van der Waals surface area (Å²) in [6.45, 7) is 4.87. The minimum Gasteiger partial charge on any atom is -0.378 e. The fourth-order valence-electron chi connectivity index (χ4n) is 2.83. The lowest BCUT2D eigenvalue weighted by molar-refractivity contribution is 0.0927. The van der Waals surface area contributed by atoms with Crippen molar-refractivity contribution in [1.82, 2.24) is 15.6 Å². The quantitative estimate of drug-likeness (QED) is 0.843. The molecule has 2 aliphatic heterocycles. The molecular formula is C15H22N4O2. The normalized spacial score (nSPS) is 20.3. The number of morpholine rings is 1. The Hall–Kier alpha value is -1.66. The molecule has 3 heterocycles. The number of aromatic nitrogens is 1. The van der Waals surface area contributed by atoms with Gasteiger partial charge in [0.25, 0.3) is 5.91 Å². The molecule has 0 aliphatic carbocycles. The third-order valence-corrected chi connectivity index (χ3v) is 4.02. The maximum Gasteiger partial charge on any atom is 0.255 e. The molecule has 6 nitrogen and oxygen atoms in total. The first kappa shape index (κ1) is 14.3. The molecule has 21 heavy (non-hydrogen) atoms. The highest BCUT2D eigenvalue weighted by molar-refractivity contribution is 5.99. The van der Waals surface area contributed by atoms with Crippen molar-refractivity contribution < 1.29 is 9.53 Å². The van der Waals surface area contributed by atoms with Crippen molar-refractivity contribution in [3.63, 3.8) is 0 Å². The molecule has 0 atom stereocenters. The number of pyridine rings is 1. The Morgan fingerprint density at radius 2 is 2.10 bits per heavy atom. The number of hydrogen-bond donors (Lipinski definition) is 2. The van der Waals surface area contributed by atoms with Crippen LogP contribution in [0.15, 0.2) is 18.3 Å². The van der Waals surface area contributed by atoms with Crippen molar-refractivity contribution in [3.05, 3.63) is 23.9 Å². The van der Waals surface area contributed by atoms with Gasteiger partial charge in [-0.1, -0.05) is 0 Å². The summed E-state index contributed by atoms with van der Waals surface area (Å²) in [7, 11) is 0. The second-order valence-electron chi connectivity index (χ2n) is 5.47. The van der Waals surface area contributed by atoms with Crippen LogP contribution in [-0.4, -0.2) is 56.3 Å². The number of carbonyl (C=O) groups is 1. The van der Waals surface area contributed by atoms with Gasteiger partial charge in [0.1, 0.15) is 5.82 Å². The highest BCUT2D eigenvalue weighted by atomic mass is 16.5. The highest BCUT2D eigenvalue weighted by Crippen LogP contribution is 2.19. The molecule has 1 aromatic heterocycles. The standard InChI is InChI=1S/C15H22N4O2/c20-15(18-12-3-6-16-7-4-12)13-2-1-5-17-14(13)19-8-10-21-11-9-19/h1-2,5,12,16H,3-4,6-11H2,(H,18,20). The molecule has 0 bridgehead atoms. The largest absolute Gasteiger partial charge is 0.378 e. The first-order chi connectivity index (χ1) is 10.3. The van der Waals surface area contributed by atoms with Gasteiger partial charge in [-0.05, 0) is 38.1 Å². The molecule has 1 aromatic rings. The smallest absolute Gasteiger partial charge is 0.255 e. The first-order valence-electron chi connectivity index (χ1n) is 7.64. The van der Waals surface area contributed by atoms with Crippen molar-refractivity contribution in [1.29, 1.82) is 0 Å². The highest BCUT2D eigenvalue weighted by Gasteiger charge is 2.22. The third kappa shape index (κ3) is 3.51. The molecule has 1 amide bonds.